The molecular weight excluding hydrogens is 326 g/mol. The zero-order chi connectivity index (χ0) is 18.5. The Morgan fingerprint density at radius 2 is 1.65 bits per heavy atom. The van der Waals surface area contributed by atoms with Crippen molar-refractivity contribution in [2.24, 2.45) is 0 Å². The maximum absolute atomic E-state index is 12.6. The number of piperazine rings is 1. The van der Waals surface area contributed by atoms with E-state index in [-0.39, 0.29) is 12.0 Å². The third-order valence-electron chi connectivity index (χ3n) is 4.49. The number of carbonyl (C=O) groups excluding carboxylic acids is 1. The molecule has 0 bridgehead atoms. The Bertz CT molecular complexity index is 735. The highest BCUT2D eigenvalue weighted by Crippen LogP contribution is 2.23. The highest BCUT2D eigenvalue weighted by molar-refractivity contribution is 6.06. The molecule has 0 aliphatic carbocycles. The minimum atomic E-state index is -0.159. The predicted octanol–water partition coefficient (Wildman–Crippen LogP) is 3.48. The molecule has 0 radical (unpaired) electrons. The third-order valence-corrected chi connectivity index (χ3v) is 4.49. The normalized spacial score (nSPS) is 15.2. The molecule has 1 amide bonds. The van der Waals surface area contributed by atoms with Crippen LogP contribution in [-0.2, 0) is 0 Å². The fourth-order valence-electron chi connectivity index (χ4n) is 3.03. The summed E-state index contributed by atoms with van der Waals surface area (Å²) in [6.45, 7) is 8.11. The molecule has 2 aromatic rings. The number of carbonyl (C=O) groups is 1. The first kappa shape index (κ1) is 18.3. The van der Waals surface area contributed by atoms with Crippen LogP contribution < -0.4 is 15.0 Å². The molecule has 26 heavy (non-hydrogen) atoms. The second kappa shape index (κ2) is 8.23. The molecule has 0 unspecified atom stereocenters. The van der Waals surface area contributed by atoms with Crippen LogP contribution in [0.2, 0.25) is 0 Å². The number of anilines is 2. The van der Waals surface area contributed by atoms with Gasteiger partial charge in [-0.1, -0.05) is 12.1 Å². The average Bonchev–Trinajstić information content (AvgIpc) is 2.63. The van der Waals surface area contributed by atoms with Crippen molar-refractivity contribution < 1.29 is 9.53 Å². The molecule has 1 aliphatic heterocycles. The molecule has 3 rings (SSSR count). The lowest BCUT2D eigenvalue weighted by Crippen LogP contribution is -2.44. The third kappa shape index (κ3) is 4.55. The number of para-hydroxylation sites is 1. The largest absolute Gasteiger partial charge is 0.490 e. The Kier molecular flexibility index (Phi) is 5.78. The lowest BCUT2D eigenvalue weighted by molar-refractivity contribution is 0.102. The van der Waals surface area contributed by atoms with Gasteiger partial charge in [0, 0.05) is 37.6 Å². The second-order valence-electron chi connectivity index (χ2n) is 6.95. The van der Waals surface area contributed by atoms with Crippen LogP contribution in [0.5, 0.6) is 5.75 Å². The van der Waals surface area contributed by atoms with E-state index in [0.29, 0.717) is 11.3 Å². The first-order valence-electron chi connectivity index (χ1n) is 9.13. The molecule has 1 saturated heterocycles. The first-order chi connectivity index (χ1) is 12.5. The Labute approximate surface area is 155 Å². The number of nitrogens with zero attached hydrogens (tertiary/aromatic N) is 2. The summed E-state index contributed by atoms with van der Waals surface area (Å²) >= 11 is 0. The lowest BCUT2D eigenvalue weighted by Gasteiger charge is -2.34. The number of hydrogen-bond acceptors (Lipinski definition) is 4. The summed E-state index contributed by atoms with van der Waals surface area (Å²) in [7, 11) is 2.15. The van der Waals surface area contributed by atoms with Gasteiger partial charge < -0.3 is 19.9 Å². The number of amides is 1. The molecule has 1 fully saturated rings. The number of hydrogen-bond donors (Lipinski definition) is 1. The maximum atomic E-state index is 12.6. The Morgan fingerprint density at radius 3 is 2.31 bits per heavy atom. The van der Waals surface area contributed by atoms with E-state index in [1.807, 2.05) is 44.2 Å². The van der Waals surface area contributed by atoms with E-state index < -0.39 is 0 Å². The summed E-state index contributed by atoms with van der Waals surface area (Å²) in [4.78, 5) is 17.3. The molecule has 0 atom stereocenters. The van der Waals surface area contributed by atoms with E-state index in [1.165, 1.54) is 5.69 Å². The Balaban J connectivity index is 1.67. The van der Waals surface area contributed by atoms with Gasteiger partial charge in [0.1, 0.15) is 5.75 Å². The van der Waals surface area contributed by atoms with E-state index in [4.69, 9.17) is 4.74 Å². The molecule has 5 nitrogen and oxygen atoms in total. The van der Waals surface area contributed by atoms with Gasteiger partial charge in [-0.05, 0) is 57.3 Å². The van der Waals surface area contributed by atoms with Gasteiger partial charge in [0.15, 0.2) is 0 Å². The summed E-state index contributed by atoms with van der Waals surface area (Å²) in [5, 5.41) is 2.96. The van der Waals surface area contributed by atoms with Crippen molar-refractivity contribution >= 4 is 17.3 Å². The van der Waals surface area contributed by atoms with Crippen LogP contribution >= 0.6 is 0 Å². The maximum Gasteiger partial charge on any atom is 0.259 e. The van der Waals surface area contributed by atoms with Crippen molar-refractivity contribution in [2.75, 3.05) is 43.4 Å². The summed E-state index contributed by atoms with van der Waals surface area (Å²) in [5.41, 5.74) is 2.52. The van der Waals surface area contributed by atoms with Crippen molar-refractivity contribution in [3.63, 3.8) is 0 Å². The van der Waals surface area contributed by atoms with Crippen molar-refractivity contribution in [1.29, 1.82) is 0 Å². The molecule has 1 heterocycles. The molecule has 0 spiro atoms. The highest BCUT2D eigenvalue weighted by Gasteiger charge is 2.15. The second-order valence-corrected chi connectivity index (χ2v) is 6.95. The van der Waals surface area contributed by atoms with E-state index in [2.05, 4.69) is 34.3 Å². The number of benzene rings is 2. The SMILES string of the molecule is CC(C)Oc1ccccc1C(=O)Nc1ccc(N2CCN(C)CC2)cc1. The van der Waals surface area contributed by atoms with E-state index in [1.54, 1.807) is 6.07 Å². The number of likely N-dealkylation sites (N-methyl/N-ethyl adjacent to an activating group) is 1. The quantitative estimate of drug-likeness (QED) is 0.894. The van der Waals surface area contributed by atoms with Gasteiger partial charge in [-0.15, -0.1) is 0 Å². The topological polar surface area (TPSA) is 44.8 Å². The van der Waals surface area contributed by atoms with Crippen molar-refractivity contribution in [3.8, 4) is 5.75 Å². The van der Waals surface area contributed by atoms with Crippen molar-refractivity contribution in [3.05, 3.63) is 54.1 Å². The van der Waals surface area contributed by atoms with E-state index in [9.17, 15) is 4.79 Å². The van der Waals surface area contributed by atoms with Crippen LogP contribution in [0.25, 0.3) is 0 Å². The molecule has 0 aromatic heterocycles. The van der Waals surface area contributed by atoms with Crippen LogP contribution in [0.1, 0.15) is 24.2 Å². The van der Waals surface area contributed by atoms with Crippen molar-refractivity contribution in [2.45, 2.75) is 20.0 Å². The highest BCUT2D eigenvalue weighted by atomic mass is 16.5. The smallest absolute Gasteiger partial charge is 0.259 e. The summed E-state index contributed by atoms with van der Waals surface area (Å²) in [6.07, 6.45) is 0.0202. The van der Waals surface area contributed by atoms with E-state index >= 15 is 0 Å². The zero-order valence-corrected chi connectivity index (χ0v) is 15.7. The van der Waals surface area contributed by atoms with Crippen LogP contribution in [-0.4, -0.2) is 50.1 Å². The molecule has 1 aliphatic rings. The first-order valence-corrected chi connectivity index (χ1v) is 9.13. The summed E-state index contributed by atoms with van der Waals surface area (Å²) < 4.78 is 5.74. The molecule has 138 valence electrons. The zero-order valence-electron chi connectivity index (χ0n) is 15.7. The molecule has 5 heteroatoms. The molecule has 1 N–H and O–H groups in total. The van der Waals surface area contributed by atoms with Crippen molar-refractivity contribution in [1.82, 2.24) is 4.90 Å². The predicted molar refractivity (Wildman–Crippen MR) is 106 cm³/mol. The minimum absolute atomic E-state index is 0.0202. The van der Waals surface area contributed by atoms with Gasteiger partial charge in [-0.3, -0.25) is 4.79 Å². The van der Waals surface area contributed by atoms with Crippen LogP contribution in [0, 0.1) is 0 Å². The fraction of sp³-hybridized carbons (Fsp3) is 0.381. The number of nitrogens with one attached hydrogen (secondary N) is 1. The van der Waals surface area contributed by atoms with Gasteiger partial charge in [-0.25, -0.2) is 0 Å². The fourth-order valence-corrected chi connectivity index (χ4v) is 3.03. The standard InChI is InChI=1S/C21H27N3O2/c1-16(2)26-20-7-5-4-6-19(20)21(25)22-17-8-10-18(11-9-17)24-14-12-23(3)13-15-24/h4-11,16H,12-15H2,1-3H3,(H,22,25). The van der Waals surface area contributed by atoms with Crippen LogP contribution in [0.3, 0.4) is 0 Å². The van der Waals surface area contributed by atoms with Gasteiger partial charge in [-0.2, -0.15) is 0 Å². The number of ether oxygens (including phenoxy) is 1. The van der Waals surface area contributed by atoms with E-state index in [0.717, 1.165) is 31.9 Å². The lowest BCUT2D eigenvalue weighted by atomic mass is 10.1. The molecule has 0 saturated carbocycles. The van der Waals surface area contributed by atoms with Gasteiger partial charge in [0.2, 0.25) is 0 Å². The van der Waals surface area contributed by atoms with Crippen LogP contribution in [0.4, 0.5) is 11.4 Å². The minimum Gasteiger partial charge on any atom is -0.490 e. The molecular formula is C21H27N3O2. The summed E-state index contributed by atoms with van der Waals surface area (Å²) in [6, 6.07) is 15.4. The molecule has 2 aromatic carbocycles. The summed E-state index contributed by atoms with van der Waals surface area (Å²) in [5.74, 6) is 0.447. The monoisotopic (exact) mass is 353 g/mol. The number of rotatable bonds is 5. The Morgan fingerprint density at radius 1 is 1.00 bits per heavy atom. The Hall–Kier alpha value is -2.53. The van der Waals surface area contributed by atoms with Crippen LogP contribution in [0.15, 0.2) is 48.5 Å². The van der Waals surface area contributed by atoms with Gasteiger partial charge in [0.05, 0.1) is 11.7 Å². The van der Waals surface area contributed by atoms with Gasteiger partial charge >= 0.3 is 0 Å². The average molecular weight is 353 g/mol. The van der Waals surface area contributed by atoms with Gasteiger partial charge in [0.25, 0.3) is 5.91 Å².